The number of anilines is 3. The van der Waals surface area contributed by atoms with Crippen LogP contribution in [-0.4, -0.2) is 0 Å². The van der Waals surface area contributed by atoms with Gasteiger partial charge in [0.1, 0.15) is 0 Å². The number of hydrogen-bond acceptors (Lipinski definition) is 2. The minimum atomic E-state index is 0.824. The SMILES string of the molecule is Brc1ccccc1.Cc1ccccc1.Nc1cccc2cccc(-c3ccc(-c4ccccc4)cc3)c12.c1ccc(Nc2cccc3cccc(-c4ccc(-c5ccccc5)cc4)c23)cc1. The van der Waals surface area contributed by atoms with E-state index in [1.807, 2.05) is 72.8 Å². The van der Waals surface area contributed by atoms with E-state index >= 15 is 0 Å². The zero-order chi connectivity index (χ0) is 45.3. The maximum atomic E-state index is 6.22. The number of rotatable bonds is 6. The molecule has 3 N–H and O–H groups in total. The van der Waals surface area contributed by atoms with Gasteiger partial charge < -0.3 is 11.1 Å². The molecule has 0 heterocycles. The van der Waals surface area contributed by atoms with Crippen molar-refractivity contribution in [3.05, 3.63) is 283 Å². The number of nitrogens with one attached hydrogen (secondary N) is 1. The Kier molecular flexibility index (Phi) is 15.3. The van der Waals surface area contributed by atoms with Gasteiger partial charge in [0.2, 0.25) is 0 Å². The molecule has 0 atom stereocenters. The first-order valence-corrected chi connectivity index (χ1v) is 22.9. The summed E-state index contributed by atoms with van der Waals surface area (Å²) in [6, 6.07) is 94.4. The van der Waals surface area contributed by atoms with Crippen LogP contribution in [-0.2, 0) is 0 Å². The first-order valence-electron chi connectivity index (χ1n) is 22.1. The van der Waals surface area contributed by atoms with Gasteiger partial charge in [-0.3, -0.25) is 0 Å². The van der Waals surface area contributed by atoms with Gasteiger partial charge in [0.05, 0.1) is 0 Å². The van der Waals surface area contributed by atoms with E-state index < -0.39 is 0 Å². The molecular weight excluding hydrogens is 865 g/mol. The molecule has 11 aromatic rings. The van der Waals surface area contributed by atoms with Gasteiger partial charge in [-0.05, 0) is 98.6 Å². The predicted molar refractivity (Wildman–Crippen MR) is 289 cm³/mol. The van der Waals surface area contributed by atoms with Gasteiger partial charge >= 0.3 is 0 Å². The van der Waals surface area contributed by atoms with E-state index in [1.165, 1.54) is 66.2 Å². The molecule has 66 heavy (non-hydrogen) atoms. The predicted octanol–water partition coefficient (Wildman–Crippen LogP) is 18.1. The number of fused-ring (bicyclic) bond motifs is 2. The lowest BCUT2D eigenvalue weighted by atomic mass is 9.95. The third-order valence-corrected chi connectivity index (χ3v) is 11.7. The molecule has 0 saturated heterocycles. The second-order valence-electron chi connectivity index (χ2n) is 15.8. The molecule has 0 amide bonds. The molecule has 0 radical (unpaired) electrons. The average molecular weight is 916 g/mol. The standard InChI is InChI=1S/C28H21N.C22H17N.C7H8.C6H5Br/c1-3-9-21(10-4-1)22-17-19-23(20-18-22)26-15-7-11-24-12-8-16-27(28(24)26)29-25-13-5-2-6-14-25;23-21-11-5-9-19-8-4-10-20(22(19)21)18-14-12-17(13-15-18)16-6-2-1-3-7-16;1-7-5-3-2-4-6-7;7-6-4-2-1-3-5-6/h1-20,29H;1-15H,23H2;2-6H,1H3;1-5H. The van der Waals surface area contributed by atoms with E-state index in [0.29, 0.717) is 0 Å². The lowest BCUT2D eigenvalue weighted by Crippen LogP contribution is -1.93. The molecule has 0 aromatic heterocycles. The van der Waals surface area contributed by atoms with Gasteiger partial charge in [0.25, 0.3) is 0 Å². The Morgan fingerprint density at radius 2 is 0.682 bits per heavy atom. The van der Waals surface area contributed by atoms with E-state index in [2.05, 4.69) is 228 Å². The molecule has 2 nitrogen and oxygen atoms in total. The number of benzene rings is 11. The van der Waals surface area contributed by atoms with Gasteiger partial charge in [-0.15, -0.1) is 0 Å². The fourth-order valence-corrected chi connectivity index (χ4v) is 8.17. The first-order chi connectivity index (χ1) is 32.5. The molecule has 0 aliphatic rings. The Hall–Kier alpha value is -7.98. The van der Waals surface area contributed by atoms with Crippen LogP contribution in [0.25, 0.3) is 66.1 Å². The summed E-state index contributed by atoms with van der Waals surface area (Å²) in [5.41, 5.74) is 20.3. The summed E-state index contributed by atoms with van der Waals surface area (Å²) in [5.74, 6) is 0. The Morgan fingerprint density at radius 1 is 0.318 bits per heavy atom. The molecule has 0 saturated carbocycles. The Balaban J connectivity index is 0.000000141. The van der Waals surface area contributed by atoms with Crippen LogP contribution >= 0.6 is 15.9 Å². The number of para-hydroxylation sites is 1. The first kappa shape index (κ1) is 44.6. The third kappa shape index (κ3) is 11.8. The number of halogens is 1. The summed E-state index contributed by atoms with van der Waals surface area (Å²) in [7, 11) is 0. The van der Waals surface area contributed by atoms with E-state index in [0.717, 1.165) is 26.9 Å². The molecule has 320 valence electrons. The van der Waals surface area contributed by atoms with E-state index in [4.69, 9.17) is 5.73 Å². The van der Waals surface area contributed by atoms with Crippen LogP contribution in [0.15, 0.2) is 277 Å². The highest BCUT2D eigenvalue weighted by Crippen LogP contribution is 2.37. The summed E-state index contributed by atoms with van der Waals surface area (Å²) < 4.78 is 1.13. The van der Waals surface area contributed by atoms with Crippen molar-refractivity contribution in [2.45, 2.75) is 6.92 Å². The van der Waals surface area contributed by atoms with Crippen molar-refractivity contribution in [2.24, 2.45) is 0 Å². The lowest BCUT2D eigenvalue weighted by Gasteiger charge is -2.14. The molecule has 0 unspecified atom stereocenters. The van der Waals surface area contributed by atoms with Crippen molar-refractivity contribution in [3.63, 3.8) is 0 Å². The fourth-order valence-electron chi connectivity index (χ4n) is 7.87. The Labute approximate surface area is 397 Å². The van der Waals surface area contributed by atoms with Gasteiger partial charge in [0.15, 0.2) is 0 Å². The van der Waals surface area contributed by atoms with Gasteiger partial charge in [0, 0.05) is 32.3 Å². The second kappa shape index (κ2) is 22.6. The molecule has 0 aliphatic heterocycles. The molecule has 3 heteroatoms. The van der Waals surface area contributed by atoms with Crippen LogP contribution < -0.4 is 11.1 Å². The molecule has 11 aromatic carbocycles. The Morgan fingerprint density at radius 3 is 1.12 bits per heavy atom. The summed E-state index contributed by atoms with van der Waals surface area (Å²) in [6.45, 7) is 2.08. The molecule has 0 fully saturated rings. The van der Waals surface area contributed by atoms with Gasteiger partial charge in [-0.1, -0.05) is 258 Å². The smallest absolute Gasteiger partial charge is 0.0470 e. The third-order valence-electron chi connectivity index (χ3n) is 11.2. The summed E-state index contributed by atoms with van der Waals surface area (Å²) >= 11 is 3.31. The minimum Gasteiger partial charge on any atom is -0.398 e. The van der Waals surface area contributed by atoms with Crippen molar-refractivity contribution >= 4 is 54.5 Å². The lowest BCUT2D eigenvalue weighted by molar-refractivity contribution is 1.48. The van der Waals surface area contributed by atoms with Crippen molar-refractivity contribution < 1.29 is 0 Å². The average Bonchev–Trinajstić information content (AvgIpc) is 3.38. The highest BCUT2D eigenvalue weighted by molar-refractivity contribution is 9.10. The second-order valence-corrected chi connectivity index (χ2v) is 16.7. The van der Waals surface area contributed by atoms with Crippen molar-refractivity contribution in [1.82, 2.24) is 0 Å². The van der Waals surface area contributed by atoms with Crippen molar-refractivity contribution in [2.75, 3.05) is 11.1 Å². The summed E-state index contributed by atoms with van der Waals surface area (Å²) in [6.07, 6.45) is 0. The maximum absolute atomic E-state index is 6.22. The normalized spacial score (nSPS) is 10.3. The molecular formula is C63H51BrN2. The van der Waals surface area contributed by atoms with Crippen molar-refractivity contribution in [1.29, 1.82) is 0 Å². The zero-order valence-corrected chi connectivity index (χ0v) is 38.5. The molecule has 0 bridgehead atoms. The van der Waals surface area contributed by atoms with E-state index in [9.17, 15) is 0 Å². The van der Waals surface area contributed by atoms with E-state index in [-0.39, 0.29) is 0 Å². The van der Waals surface area contributed by atoms with Gasteiger partial charge in [-0.2, -0.15) is 0 Å². The van der Waals surface area contributed by atoms with Crippen LogP contribution in [0.4, 0.5) is 17.1 Å². The van der Waals surface area contributed by atoms with Gasteiger partial charge in [-0.25, -0.2) is 0 Å². The van der Waals surface area contributed by atoms with Crippen LogP contribution in [0.2, 0.25) is 0 Å². The quantitative estimate of drug-likeness (QED) is 0.163. The minimum absolute atomic E-state index is 0.824. The highest BCUT2D eigenvalue weighted by Gasteiger charge is 2.10. The van der Waals surface area contributed by atoms with Crippen LogP contribution in [0.5, 0.6) is 0 Å². The summed E-state index contributed by atoms with van der Waals surface area (Å²) in [5, 5.41) is 8.37. The van der Waals surface area contributed by atoms with E-state index in [1.54, 1.807) is 0 Å². The van der Waals surface area contributed by atoms with Crippen LogP contribution in [0.3, 0.4) is 0 Å². The number of aryl methyl sites for hydroxylation is 1. The number of hydrogen-bond donors (Lipinski definition) is 2. The molecule has 11 rings (SSSR count). The molecule has 0 aliphatic carbocycles. The van der Waals surface area contributed by atoms with Crippen LogP contribution in [0.1, 0.15) is 5.56 Å². The fraction of sp³-hybridized carbons (Fsp3) is 0.0159. The highest BCUT2D eigenvalue weighted by atomic mass is 79.9. The van der Waals surface area contributed by atoms with Crippen molar-refractivity contribution in [3.8, 4) is 44.5 Å². The molecule has 0 spiro atoms. The largest absolute Gasteiger partial charge is 0.398 e. The van der Waals surface area contributed by atoms with Crippen LogP contribution in [0, 0.1) is 6.92 Å². The summed E-state index contributed by atoms with van der Waals surface area (Å²) in [4.78, 5) is 0. The topological polar surface area (TPSA) is 38.0 Å². The number of nitrogens with two attached hydrogens (primary N) is 1. The number of nitrogen functional groups attached to an aromatic ring is 1. The Bertz CT molecular complexity index is 3140. The monoisotopic (exact) mass is 914 g/mol. The maximum Gasteiger partial charge on any atom is 0.0470 e. The zero-order valence-electron chi connectivity index (χ0n) is 36.9.